The minimum absolute atomic E-state index is 0.135. The smallest absolute Gasteiger partial charge is 0.228 e. The van der Waals surface area contributed by atoms with E-state index in [9.17, 15) is 9.90 Å². The summed E-state index contributed by atoms with van der Waals surface area (Å²) in [4.78, 5) is 15.2. The SMILES string of the molecule is COc1ccc(CN2CCC3(CC2)CC3C(=O)Nc2cc(C)cc(C)c2)cc1O. The molecule has 5 heteroatoms. The van der Waals surface area contributed by atoms with Gasteiger partial charge >= 0.3 is 0 Å². The summed E-state index contributed by atoms with van der Waals surface area (Å²) >= 11 is 0. The molecule has 1 saturated carbocycles. The van der Waals surface area contributed by atoms with Crippen LogP contribution in [0, 0.1) is 25.2 Å². The number of rotatable bonds is 5. The maximum atomic E-state index is 12.8. The second-order valence-electron chi connectivity index (χ2n) is 8.77. The van der Waals surface area contributed by atoms with Gasteiger partial charge in [0.1, 0.15) is 0 Å². The molecule has 2 aromatic carbocycles. The van der Waals surface area contributed by atoms with Crippen molar-refractivity contribution in [3.63, 3.8) is 0 Å². The summed E-state index contributed by atoms with van der Waals surface area (Å²) < 4.78 is 5.11. The maximum Gasteiger partial charge on any atom is 0.228 e. The van der Waals surface area contributed by atoms with E-state index in [0.29, 0.717) is 5.75 Å². The number of benzene rings is 2. The van der Waals surface area contributed by atoms with Crippen LogP contribution in [0.3, 0.4) is 0 Å². The van der Waals surface area contributed by atoms with Crippen LogP contribution in [-0.2, 0) is 11.3 Å². The number of piperidine rings is 1. The quantitative estimate of drug-likeness (QED) is 0.796. The molecule has 1 aliphatic carbocycles. The molecule has 4 rings (SSSR count). The predicted molar refractivity (Wildman–Crippen MR) is 114 cm³/mol. The van der Waals surface area contributed by atoms with Gasteiger partial charge in [-0.3, -0.25) is 9.69 Å². The molecule has 1 spiro atoms. The van der Waals surface area contributed by atoms with Crippen molar-refractivity contribution in [3.05, 3.63) is 53.1 Å². The van der Waals surface area contributed by atoms with E-state index in [0.717, 1.165) is 50.1 Å². The van der Waals surface area contributed by atoms with Crippen LogP contribution in [-0.4, -0.2) is 36.1 Å². The van der Waals surface area contributed by atoms with Gasteiger partial charge in [0.05, 0.1) is 7.11 Å². The van der Waals surface area contributed by atoms with Crippen molar-refractivity contribution in [2.24, 2.45) is 11.3 Å². The van der Waals surface area contributed by atoms with Crippen molar-refractivity contribution in [1.82, 2.24) is 4.90 Å². The zero-order valence-electron chi connectivity index (χ0n) is 17.5. The lowest BCUT2D eigenvalue weighted by Gasteiger charge is -2.32. The molecule has 2 fully saturated rings. The summed E-state index contributed by atoms with van der Waals surface area (Å²) in [5.74, 6) is 0.991. The van der Waals surface area contributed by atoms with Crippen LogP contribution in [0.4, 0.5) is 5.69 Å². The summed E-state index contributed by atoms with van der Waals surface area (Å²) in [6, 6.07) is 11.8. The normalized spacial score (nSPS) is 20.4. The van der Waals surface area contributed by atoms with Gasteiger partial charge in [-0.05, 0) is 92.6 Å². The van der Waals surface area contributed by atoms with Crippen LogP contribution >= 0.6 is 0 Å². The van der Waals surface area contributed by atoms with Crippen molar-refractivity contribution in [2.45, 2.75) is 39.7 Å². The number of phenolic OH excluding ortho intramolecular Hbond substituents is 1. The molecule has 1 heterocycles. The average molecular weight is 395 g/mol. The number of aryl methyl sites for hydroxylation is 2. The Labute approximate surface area is 172 Å². The van der Waals surface area contributed by atoms with Gasteiger partial charge in [0, 0.05) is 18.2 Å². The first-order chi connectivity index (χ1) is 13.9. The van der Waals surface area contributed by atoms with Gasteiger partial charge < -0.3 is 15.2 Å². The second-order valence-corrected chi connectivity index (χ2v) is 8.77. The molecule has 0 radical (unpaired) electrons. The molecule has 154 valence electrons. The van der Waals surface area contributed by atoms with Crippen molar-refractivity contribution in [2.75, 3.05) is 25.5 Å². The molecule has 5 nitrogen and oxygen atoms in total. The molecule has 2 N–H and O–H groups in total. The molecule has 2 aliphatic rings. The molecule has 2 aromatic rings. The predicted octanol–water partition coefficient (Wildman–Crippen LogP) is 4.26. The molecule has 1 saturated heterocycles. The number of hydrogen-bond donors (Lipinski definition) is 2. The fourth-order valence-electron chi connectivity index (χ4n) is 4.80. The third-order valence-corrected chi connectivity index (χ3v) is 6.50. The van der Waals surface area contributed by atoms with Crippen molar-refractivity contribution in [1.29, 1.82) is 0 Å². The number of carbonyl (C=O) groups is 1. The Balaban J connectivity index is 1.30. The Morgan fingerprint density at radius 3 is 2.48 bits per heavy atom. The van der Waals surface area contributed by atoms with E-state index < -0.39 is 0 Å². The first-order valence-corrected chi connectivity index (χ1v) is 10.4. The van der Waals surface area contributed by atoms with Gasteiger partial charge in [0.25, 0.3) is 0 Å². The number of phenols is 1. The molecular formula is C24H30N2O3. The standard InChI is InChI=1S/C24H30N2O3/c1-16-10-17(2)12-19(11-16)25-23(28)20-14-24(20)6-8-26(9-7-24)15-18-4-5-22(29-3)21(27)13-18/h4-5,10-13,20,27H,6-9,14-15H2,1-3H3,(H,25,28). The Kier molecular flexibility index (Phi) is 5.26. The highest BCUT2D eigenvalue weighted by Gasteiger charge is 2.58. The number of methoxy groups -OCH3 is 1. The van der Waals surface area contributed by atoms with Gasteiger partial charge in [0.15, 0.2) is 11.5 Å². The van der Waals surface area contributed by atoms with Crippen LogP contribution in [0.25, 0.3) is 0 Å². The van der Waals surface area contributed by atoms with Gasteiger partial charge in [0.2, 0.25) is 5.91 Å². The molecule has 29 heavy (non-hydrogen) atoms. The lowest BCUT2D eigenvalue weighted by atomic mass is 9.90. The van der Waals surface area contributed by atoms with E-state index in [4.69, 9.17) is 4.74 Å². The number of likely N-dealkylation sites (tertiary alicyclic amines) is 1. The zero-order valence-corrected chi connectivity index (χ0v) is 17.5. The lowest BCUT2D eigenvalue weighted by Crippen LogP contribution is -2.35. The average Bonchev–Trinajstić information content (AvgIpc) is 3.37. The van der Waals surface area contributed by atoms with Gasteiger partial charge in [-0.1, -0.05) is 12.1 Å². The van der Waals surface area contributed by atoms with Crippen LogP contribution in [0.2, 0.25) is 0 Å². The highest BCUT2D eigenvalue weighted by Crippen LogP contribution is 2.59. The highest BCUT2D eigenvalue weighted by atomic mass is 16.5. The van der Waals surface area contributed by atoms with Crippen molar-refractivity contribution in [3.8, 4) is 11.5 Å². The molecule has 0 bridgehead atoms. The highest BCUT2D eigenvalue weighted by molar-refractivity contribution is 5.95. The van der Waals surface area contributed by atoms with Gasteiger partial charge in [-0.2, -0.15) is 0 Å². The van der Waals surface area contributed by atoms with E-state index in [-0.39, 0.29) is 23.0 Å². The minimum Gasteiger partial charge on any atom is -0.504 e. The second kappa shape index (κ2) is 7.71. The third-order valence-electron chi connectivity index (χ3n) is 6.50. The van der Waals surface area contributed by atoms with Gasteiger partial charge in [-0.25, -0.2) is 0 Å². The Morgan fingerprint density at radius 1 is 1.17 bits per heavy atom. The first-order valence-electron chi connectivity index (χ1n) is 10.4. The number of amides is 1. The molecule has 1 aliphatic heterocycles. The fraction of sp³-hybridized carbons (Fsp3) is 0.458. The largest absolute Gasteiger partial charge is 0.504 e. The zero-order chi connectivity index (χ0) is 20.6. The Morgan fingerprint density at radius 2 is 1.86 bits per heavy atom. The summed E-state index contributed by atoms with van der Waals surface area (Å²) in [6.45, 7) is 6.90. The number of aromatic hydroxyl groups is 1. The van der Waals surface area contributed by atoms with Crippen LogP contribution in [0.1, 0.15) is 36.0 Å². The lowest BCUT2D eigenvalue weighted by molar-refractivity contribution is -0.118. The number of anilines is 1. The number of ether oxygens (including phenoxy) is 1. The minimum atomic E-state index is 0.135. The topological polar surface area (TPSA) is 61.8 Å². The third kappa shape index (κ3) is 4.25. The van der Waals surface area contributed by atoms with E-state index in [1.54, 1.807) is 13.2 Å². The van der Waals surface area contributed by atoms with Crippen LogP contribution in [0.5, 0.6) is 11.5 Å². The number of nitrogens with zero attached hydrogens (tertiary/aromatic N) is 1. The fourth-order valence-corrected chi connectivity index (χ4v) is 4.80. The van der Waals surface area contributed by atoms with E-state index in [1.807, 2.05) is 24.3 Å². The van der Waals surface area contributed by atoms with E-state index >= 15 is 0 Å². The monoisotopic (exact) mass is 394 g/mol. The summed E-state index contributed by atoms with van der Waals surface area (Å²) in [6.07, 6.45) is 3.11. The van der Waals surface area contributed by atoms with Gasteiger partial charge in [-0.15, -0.1) is 0 Å². The van der Waals surface area contributed by atoms with Crippen LogP contribution in [0.15, 0.2) is 36.4 Å². The van der Waals surface area contributed by atoms with Crippen molar-refractivity contribution >= 4 is 11.6 Å². The first kappa shape index (κ1) is 19.8. The summed E-state index contributed by atoms with van der Waals surface area (Å²) in [7, 11) is 1.56. The van der Waals surface area contributed by atoms with Crippen LogP contribution < -0.4 is 10.1 Å². The van der Waals surface area contributed by atoms with E-state index in [2.05, 4.69) is 30.1 Å². The Bertz CT molecular complexity index is 896. The molecule has 0 aromatic heterocycles. The number of carbonyl (C=O) groups excluding carboxylic acids is 1. The maximum absolute atomic E-state index is 12.8. The Hall–Kier alpha value is -2.53. The summed E-state index contributed by atoms with van der Waals surface area (Å²) in [5.41, 5.74) is 4.51. The molecule has 1 unspecified atom stereocenters. The van der Waals surface area contributed by atoms with E-state index in [1.165, 1.54) is 11.1 Å². The molecular weight excluding hydrogens is 364 g/mol. The molecule has 1 atom stereocenters. The molecule has 1 amide bonds. The number of nitrogens with one attached hydrogen (secondary N) is 1. The summed E-state index contributed by atoms with van der Waals surface area (Å²) in [5, 5.41) is 13.1. The number of hydrogen-bond acceptors (Lipinski definition) is 4. The van der Waals surface area contributed by atoms with Crippen molar-refractivity contribution < 1.29 is 14.6 Å².